The average molecular weight is 425 g/mol. The number of halogens is 13. The highest BCUT2D eigenvalue weighted by molar-refractivity contribution is 5.41. The second kappa shape index (κ2) is 6.33. The van der Waals surface area contributed by atoms with Crippen LogP contribution in [0.25, 0.3) is 0 Å². The van der Waals surface area contributed by atoms with Crippen LogP contribution in [0.2, 0.25) is 0 Å². The zero-order valence-electron chi connectivity index (χ0n) is 12.5. The summed E-state index contributed by atoms with van der Waals surface area (Å²) < 4.78 is 170. The molecule has 0 fully saturated rings. The number of anilines is 1. The summed E-state index contributed by atoms with van der Waals surface area (Å²) in [4.78, 5) is 0. The molecule has 0 bridgehead atoms. The van der Waals surface area contributed by atoms with Gasteiger partial charge in [0.1, 0.15) is 0 Å². The fourth-order valence-corrected chi connectivity index (χ4v) is 2.28. The number of nitrogens with two attached hydrogens (primary N) is 1. The quantitative estimate of drug-likeness (QED) is 0.482. The Morgan fingerprint density at radius 1 is 0.630 bits per heavy atom. The Bertz CT molecular complexity index is 654. The van der Waals surface area contributed by atoms with Gasteiger partial charge in [0.25, 0.3) is 0 Å². The van der Waals surface area contributed by atoms with Gasteiger partial charge in [-0.2, -0.15) is 57.1 Å². The highest BCUT2D eigenvalue weighted by Gasteiger charge is 2.91. The van der Waals surface area contributed by atoms with Crippen LogP contribution in [0.4, 0.5) is 62.8 Å². The maximum absolute atomic E-state index is 13.9. The van der Waals surface area contributed by atoms with Crippen molar-refractivity contribution in [2.45, 2.75) is 36.8 Å². The van der Waals surface area contributed by atoms with Crippen molar-refractivity contribution in [3.63, 3.8) is 0 Å². The fourth-order valence-electron chi connectivity index (χ4n) is 2.28. The van der Waals surface area contributed by atoms with Crippen molar-refractivity contribution >= 4 is 5.69 Å². The van der Waals surface area contributed by atoms with Crippen molar-refractivity contribution in [2.75, 3.05) is 5.73 Å². The molecule has 0 aliphatic rings. The smallest absolute Gasteiger partial charge is 0.399 e. The molecular weight excluding hydrogens is 417 g/mol. The Hall–Kier alpha value is -1.89. The van der Waals surface area contributed by atoms with E-state index in [1.165, 1.54) is 0 Å². The third-order valence-electron chi connectivity index (χ3n) is 3.67. The van der Waals surface area contributed by atoms with Gasteiger partial charge in [-0.05, 0) is 17.7 Å². The summed E-state index contributed by atoms with van der Waals surface area (Å²) >= 11 is 0. The molecule has 2 N–H and O–H groups in total. The molecule has 0 saturated carbocycles. The van der Waals surface area contributed by atoms with Crippen LogP contribution in [0.1, 0.15) is 5.56 Å². The minimum Gasteiger partial charge on any atom is -0.399 e. The molecule has 27 heavy (non-hydrogen) atoms. The second-order valence-electron chi connectivity index (χ2n) is 5.47. The zero-order chi connectivity index (χ0) is 21.7. The van der Waals surface area contributed by atoms with Crippen molar-refractivity contribution in [3.05, 3.63) is 29.8 Å². The van der Waals surface area contributed by atoms with Gasteiger partial charge in [0.05, 0.1) is 0 Å². The maximum Gasteiger partial charge on any atom is 0.459 e. The summed E-state index contributed by atoms with van der Waals surface area (Å²) in [5.74, 6) is -15.3. The Morgan fingerprint density at radius 2 is 1.07 bits per heavy atom. The van der Waals surface area contributed by atoms with Gasteiger partial charge < -0.3 is 5.73 Å². The summed E-state index contributed by atoms with van der Waals surface area (Å²) in [5.41, 5.74) is -3.48. The van der Waals surface area contributed by atoms with Crippen LogP contribution in [-0.4, -0.2) is 30.4 Å². The molecule has 0 radical (unpaired) electrons. The highest BCUT2D eigenvalue weighted by Crippen LogP contribution is 2.66. The molecule has 1 nitrogen and oxygen atoms in total. The minimum atomic E-state index is -7.65. The first kappa shape index (κ1) is 23.1. The molecule has 0 heterocycles. The number of hydrogen-bond acceptors (Lipinski definition) is 1. The second-order valence-corrected chi connectivity index (χ2v) is 5.47. The summed E-state index contributed by atoms with van der Waals surface area (Å²) in [5, 5.41) is 0. The van der Waals surface area contributed by atoms with E-state index in [1.54, 1.807) is 0 Å². The average Bonchev–Trinajstić information content (AvgIpc) is 2.40. The molecule has 0 aliphatic heterocycles. The number of hydrogen-bond donors (Lipinski definition) is 1. The van der Waals surface area contributed by atoms with E-state index in [-0.39, 0.29) is 0 Å². The van der Waals surface area contributed by atoms with Crippen LogP contribution in [-0.2, 0) is 6.42 Å². The predicted octanol–water partition coefficient (Wildman–Crippen LogP) is 5.76. The van der Waals surface area contributed by atoms with Crippen LogP contribution in [0.3, 0.4) is 0 Å². The van der Waals surface area contributed by atoms with E-state index in [9.17, 15) is 57.1 Å². The molecule has 156 valence electrons. The summed E-state index contributed by atoms with van der Waals surface area (Å²) in [6, 6.07) is 2.33. The first-order valence-corrected chi connectivity index (χ1v) is 6.52. The minimum absolute atomic E-state index is 0.314. The number of rotatable bonds is 4. The highest BCUT2D eigenvalue weighted by atomic mass is 19.4. The van der Waals surface area contributed by atoms with Gasteiger partial charge in [-0.15, -0.1) is 0 Å². The SMILES string of the molecule is Nc1cccc(CC(C(F)(F)F)(C(F)(F)F)C(F)(F)C(F)(F)C(F)(F)F)c1. The Balaban J connectivity index is 3.88. The van der Waals surface area contributed by atoms with Gasteiger partial charge in [-0.1, -0.05) is 12.1 Å². The van der Waals surface area contributed by atoms with Crippen LogP contribution in [0, 0.1) is 5.41 Å². The molecule has 0 unspecified atom stereocenters. The molecule has 0 atom stereocenters. The third kappa shape index (κ3) is 3.49. The van der Waals surface area contributed by atoms with Gasteiger partial charge in [0.15, 0.2) is 0 Å². The lowest BCUT2D eigenvalue weighted by atomic mass is 9.71. The van der Waals surface area contributed by atoms with Crippen LogP contribution < -0.4 is 5.73 Å². The molecule has 1 aromatic carbocycles. The van der Waals surface area contributed by atoms with E-state index < -0.39 is 53.5 Å². The Kier molecular flexibility index (Phi) is 5.43. The van der Waals surface area contributed by atoms with Crippen LogP contribution in [0.5, 0.6) is 0 Å². The fraction of sp³-hybridized carbons (Fsp3) is 0.538. The van der Waals surface area contributed by atoms with E-state index in [0.717, 1.165) is 6.07 Å². The number of alkyl halides is 13. The van der Waals surface area contributed by atoms with Crippen LogP contribution >= 0.6 is 0 Å². The molecule has 0 aromatic heterocycles. The summed E-state index contributed by atoms with van der Waals surface area (Å²) in [7, 11) is 0. The van der Waals surface area contributed by atoms with Gasteiger partial charge >= 0.3 is 30.4 Å². The molecule has 0 saturated heterocycles. The summed E-state index contributed by atoms with van der Waals surface area (Å²) in [6.07, 6.45) is -24.8. The molecule has 1 aromatic rings. The lowest BCUT2D eigenvalue weighted by molar-refractivity contribution is -0.460. The van der Waals surface area contributed by atoms with Crippen molar-refractivity contribution in [1.29, 1.82) is 0 Å². The normalized spacial score (nSPS) is 15.1. The molecule has 0 aliphatic carbocycles. The van der Waals surface area contributed by atoms with E-state index in [1.807, 2.05) is 0 Å². The van der Waals surface area contributed by atoms with Gasteiger partial charge in [-0.3, -0.25) is 0 Å². The van der Waals surface area contributed by atoms with Crippen LogP contribution in [0.15, 0.2) is 24.3 Å². The van der Waals surface area contributed by atoms with E-state index in [0.29, 0.717) is 18.2 Å². The van der Waals surface area contributed by atoms with Crippen molar-refractivity contribution in [1.82, 2.24) is 0 Å². The Labute approximate surface area is 141 Å². The first-order chi connectivity index (χ1) is 11.7. The molecule has 0 amide bonds. The molecule has 1 rings (SSSR count). The molecule has 14 heteroatoms. The first-order valence-electron chi connectivity index (χ1n) is 6.52. The molecular formula is C13H8F13N. The topological polar surface area (TPSA) is 26.0 Å². The lowest BCUT2D eigenvalue weighted by Crippen LogP contribution is -2.71. The lowest BCUT2D eigenvalue weighted by Gasteiger charge is -2.45. The van der Waals surface area contributed by atoms with Gasteiger partial charge in [0, 0.05) is 12.1 Å². The van der Waals surface area contributed by atoms with E-state index >= 15 is 0 Å². The van der Waals surface area contributed by atoms with E-state index in [2.05, 4.69) is 0 Å². The van der Waals surface area contributed by atoms with Gasteiger partial charge in [0.2, 0.25) is 5.41 Å². The Morgan fingerprint density at radius 3 is 1.41 bits per heavy atom. The number of nitrogen functional groups attached to an aromatic ring is 1. The third-order valence-corrected chi connectivity index (χ3v) is 3.67. The van der Waals surface area contributed by atoms with E-state index in [4.69, 9.17) is 5.73 Å². The van der Waals surface area contributed by atoms with Crippen molar-refractivity contribution < 1.29 is 57.1 Å². The van der Waals surface area contributed by atoms with Gasteiger partial charge in [-0.25, -0.2) is 0 Å². The maximum atomic E-state index is 13.9. The monoisotopic (exact) mass is 425 g/mol. The number of benzene rings is 1. The summed E-state index contributed by atoms with van der Waals surface area (Å²) in [6.45, 7) is 0. The molecule has 0 spiro atoms. The van der Waals surface area contributed by atoms with Crippen molar-refractivity contribution in [2.24, 2.45) is 5.41 Å². The largest absolute Gasteiger partial charge is 0.459 e. The van der Waals surface area contributed by atoms with Crippen molar-refractivity contribution in [3.8, 4) is 0 Å². The predicted molar refractivity (Wildman–Crippen MR) is 65.1 cm³/mol. The zero-order valence-corrected chi connectivity index (χ0v) is 12.5. The standard InChI is InChI=1S/C13H8F13N/c14-9(15,10(16,17)13(24,25)26)8(11(18,19)20,12(21,22)23)5-6-2-1-3-7(27)4-6/h1-4H,5,27H2.